The predicted molar refractivity (Wildman–Crippen MR) is 103 cm³/mol. The van der Waals surface area contributed by atoms with E-state index in [1.54, 1.807) is 24.3 Å². The predicted octanol–water partition coefficient (Wildman–Crippen LogP) is 4.47. The highest BCUT2D eigenvalue weighted by Crippen LogP contribution is 2.18. The lowest BCUT2D eigenvalue weighted by atomic mass is 10.2. The minimum Gasteiger partial charge on any atom is -0.493 e. The van der Waals surface area contributed by atoms with Gasteiger partial charge in [0.15, 0.2) is 0 Å². The zero-order valence-corrected chi connectivity index (χ0v) is 14.5. The molecule has 6 nitrogen and oxygen atoms in total. The quantitative estimate of drug-likeness (QED) is 0.497. The summed E-state index contributed by atoms with van der Waals surface area (Å²) in [6.45, 7) is 0.559. The third kappa shape index (κ3) is 5.15. The van der Waals surface area contributed by atoms with E-state index in [2.05, 4.69) is 17.4 Å². The van der Waals surface area contributed by atoms with Gasteiger partial charge < -0.3 is 10.1 Å². The number of nitrogens with zero attached hydrogens (tertiary/aromatic N) is 1. The zero-order valence-electron chi connectivity index (χ0n) is 14.5. The summed E-state index contributed by atoms with van der Waals surface area (Å²) >= 11 is 0. The lowest BCUT2D eigenvalue weighted by Gasteiger charge is -2.08. The van der Waals surface area contributed by atoms with Gasteiger partial charge in [-0.05, 0) is 35.9 Å². The second kappa shape index (κ2) is 8.62. The van der Waals surface area contributed by atoms with E-state index in [9.17, 15) is 14.9 Å². The molecular formula is C21H18N2O4. The third-order valence-corrected chi connectivity index (χ3v) is 3.93. The maximum absolute atomic E-state index is 12.2. The number of carbonyl (C=O) groups is 1. The maximum Gasteiger partial charge on any atom is 0.270 e. The largest absolute Gasteiger partial charge is 0.493 e. The van der Waals surface area contributed by atoms with Crippen molar-refractivity contribution in [2.24, 2.45) is 0 Å². The van der Waals surface area contributed by atoms with Crippen molar-refractivity contribution in [3.8, 4) is 5.75 Å². The molecule has 0 aliphatic rings. The summed E-state index contributed by atoms with van der Waals surface area (Å²) in [4.78, 5) is 22.5. The normalized spacial score (nSPS) is 10.2. The molecule has 0 fully saturated rings. The Morgan fingerprint density at radius 1 is 0.963 bits per heavy atom. The van der Waals surface area contributed by atoms with Crippen molar-refractivity contribution in [2.75, 3.05) is 11.9 Å². The molecule has 136 valence electrons. The van der Waals surface area contributed by atoms with Gasteiger partial charge in [-0.3, -0.25) is 14.9 Å². The van der Waals surface area contributed by atoms with E-state index >= 15 is 0 Å². The van der Waals surface area contributed by atoms with Crippen LogP contribution in [0.2, 0.25) is 0 Å². The number of non-ortho nitro benzene ring substituents is 1. The van der Waals surface area contributed by atoms with E-state index in [1.165, 1.54) is 29.8 Å². The molecule has 0 atom stereocenters. The monoisotopic (exact) mass is 362 g/mol. The molecule has 0 unspecified atom stereocenters. The summed E-state index contributed by atoms with van der Waals surface area (Å²) in [5, 5.41) is 13.5. The summed E-state index contributed by atoms with van der Waals surface area (Å²) in [6, 6.07) is 22.7. The van der Waals surface area contributed by atoms with Gasteiger partial charge in [-0.1, -0.05) is 36.4 Å². The lowest BCUT2D eigenvalue weighted by Crippen LogP contribution is -2.12. The molecule has 3 aromatic carbocycles. The van der Waals surface area contributed by atoms with Crippen molar-refractivity contribution < 1.29 is 14.5 Å². The molecule has 0 heterocycles. The summed E-state index contributed by atoms with van der Waals surface area (Å²) in [5.41, 5.74) is 1.90. The van der Waals surface area contributed by atoms with Crippen molar-refractivity contribution in [1.82, 2.24) is 0 Å². The molecule has 0 saturated heterocycles. The van der Waals surface area contributed by atoms with Crippen LogP contribution in [-0.2, 0) is 6.42 Å². The molecule has 0 radical (unpaired) electrons. The van der Waals surface area contributed by atoms with Crippen LogP contribution < -0.4 is 10.1 Å². The Morgan fingerprint density at radius 3 is 2.41 bits per heavy atom. The van der Waals surface area contributed by atoms with E-state index in [4.69, 9.17) is 4.74 Å². The number of nitrogens with one attached hydrogen (secondary N) is 1. The Bertz CT molecular complexity index is 924. The Balaban J connectivity index is 1.55. The summed E-state index contributed by atoms with van der Waals surface area (Å²) in [5.74, 6) is 0.302. The van der Waals surface area contributed by atoms with Crippen molar-refractivity contribution in [1.29, 1.82) is 0 Å². The molecule has 0 saturated carbocycles. The molecule has 0 aliphatic heterocycles. The van der Waals surface area contributed by atoms with Gasteiger partial charge in [0.05, 0.1) is 11.5 Å². The van der Waals surface area contributed by atoms with Crippen LogP contribution in [-0.4, -0.2) is 17.4 Å². The van der Waals surface area contributed by atoms with E-state index in [1.807, 2.05) is 18.2 Å². The highest BCUT2D eigenvalue weighted by atomic mass is 16.6. The SMILES string of the molecule is O=C(Nc1ccc(OCCc2ccccc2)cc1)c1cccc([N+](=O)[O-])c1. The Hall–Kier alpha value is -3.67. The van der Waals surface area contributed by atoms with Crippen LogP contribution in [0.25, 0.3) is 0 Å². The molecule has 1 N–H and O–H groups in total. The summed E-state index contributed by atoms with van der Waals surface area (Å²) in [6.07, 6.45) is 0.812. The number of carbonyl (C=O) groups excluding carboxylic acids is 1. The molecule has 27 heavy (non-hydrogen) atoms. The van der Waals surface area contributed by atoms with Gasteiger partial charge in [0.1, 0.15) is 5.75 Å². The van der Waals surface area contributed by atoms with Gasteiger partial charge >= 0.3 is 0 Å². The third-order valence-electron chi connectivity index (χ3n) is 3.93. The highest BCUT2D eigenvalue weighted by molar-refractivity contribution is 6.04. The van der Waals surface area contributed by atoms with Crippen molar-refractivity contribution in [2.45, 2.75) is 6.42 Å². The smallest absolute Gasteiger partial charge is 0.270 e. The number of nitro benzene ring substituents is 1. The van der Waals surface area contributed by atoms with Gasteiger partial charge in [0.25, 0.3) is 11.6 Å². The van der Waals surface area contributed by atoms with Crippen molar-refractivity contribution >= 4 is 17.3 Å². The average molecular weight is 362 g/mol. The summed E-state index contributed by atoms with van der Waals surface area (Å²) in [7, 11) is 0. The van der Waals surface area contributed by atoms with Crippen LogP contribution >= 0.6 is 0 Å². The second-order valence-corrected chi connectivity index (χ2v) is 5.87. The van der Waals surface area contributed by atoms with Gasteiger partial charge in [0.2, 0.25) is 0 Å². The molecule has 0 aliphatic carbocycles. The number of rotatable bonds is 7. The Labute approximate surface area is 156 Å². The first-order chi connectivity index (χ1) is 13.1. The number of anilines is 1. The topological polar surface area (TPSA) is 81.5 Å². The number of hydrogen-bond acceptors (Lipinski definition) is 4. The number of benzene rings is 3. The Morgan fingerprint density at radius 2 is 1.70 bits per heavy atom. The number of hydrogen-bond donors (Lipinski definition) is 1. The van der Waals surface area contributed by atoms with Gasteiger partial charge in [-0.25, -0.2) is 0 Å². The minimum absolute atomic E-state index is 0.121. The zero-order chi connectivity index (χ0) is 19.1. The van der Waals surface area contributed by atoms with E-state index in [0.717, 1.165) is 6.42 Å². The molecule has 1 amide bonds. The second-order valence-electron chi connectivity index (χ2n) is 5.87. The van der Waals surface area contributed by atoms with E-state index in [0.29, 0.717) is 18.0 Å². The van der Waals surface area contributed by atoms with Crippen LogP contribution in [0.15, 0.2) is 78.9 Å². The van der Waals surface area contributed by atoms with Gasteiger partial charge in [-0.2, -0.15) is 0 Å². The Kier molecular flexibility index (Phi) is 5.79. The van der Waals surface area contributed by atoms with E-state index < -0.39 is 10.8 Å². The van der Waals surface area contributed by atoms with Crippen molar-refractivity contribution in [3.05, 3.63) is 100 Å². The molecule has 0 spiro atoms. The van der Waals surface area contributed by atoms with Crippen LogP contribution in [0, 0.1) is 10.1 Å². The van der Waals surface area contributed by atoms with Crippen LogP contribution in [0.4, 0.5) is 11.4 Å². The molecule has 3 aromatic rings. The maximum atomic E-state index is 12.2. The number of amides is 1. The molecule has 6 heteroatoms. The molecule has 0 aromatic heterocycles. The standard InChI is InChI=1S/C21H18N2O4/c24-21(17-7-4-8-19(15-17)23(25)26)22-18-9-11-20(12-10-18)27-14-13-16-5-2-1-3-6-16/h1-12,15H,13-14H2,(H,22,24). The summed E-state index contributed by atoms with van der Waals surface area (Å²) < 4.78 is 5.71. The van der Waals surface area contributed by atoms with E-state index in [-0.39, 0.29) is 11.3 Å². The number of ether oxygens (including phenoxy) is 1. The lowest BCUT2D eigenvalue weighted by molar-refractivity contribution is -0.384. The fourth-order valence-corrected chi connectivity index (χ4v) is 2.53. The average Bonchev–Trinajstić information content (AvgIpc) is 2.70. The first kappa shape index (κ1) is 18.1. The van der Waals surface area contributed by atoms with Crippen LogP contribution in [0.3, 0.4) is 0 Å². The fourth-order valence-electron chi connectivity index (χ4n) is 2.53. The van der Waals surface area contributed by atoms with Gasteiger partial charge in [0, 0.05) is 29.8 Å². The molecular weight excluding hydrogens is 344 g/mol. The fraction of sp³-hybridized carbons (Fsp3) is 0.0952. The first-order valence-corrected chi connectivity index (χ1v) is 8.44. The molecule has 0 bridgehead atoms. The first-order valence-electron chi connectivity index (χ1n) is 8.44. The minimum atomic E-state index is -0.529. The van der Waals surface area contributed by atoms with Crippen LogP contribution in [0.5, 0.6) is 5.75 Å². The van der Waals surface area contributed by atoms with Crippen LogP contribution in [0.1, 0.15) is 15.9 Å². The highest BCUT2D eigenvalue weighted by Gasteiger charge is 2.11. The van der Waals surface area contributed by atoms with Gasteiger partial charge in [-0.15, -0.1) is 0 Å². The number of nitro groups is 1. The van der Waals surface area contributed by atoms with Crippen molar-refractivity contribution in [3.63, 3.8) is 0 Å². The molecule has 3 rings (SSSR count).